The standard InChI is InChI=1S/C24H36N4O2/c1-17(2)20-7-5-19(6-8-20)14-27-11-4-9-24(15-27)10-12-28(16-24)23(30)22-13-21(18(3)29)25-26-22/h5-8,17,21-22,25-26H,4,9-16H2,1-3H3. The number of carbonyl (C=O) groups is 2. The fourth-order valence-electron chi connectivity index (χ4n) is 5.37. The van der Waals surface area contributed by atoms with Gasteiger partial charge in [-0.25, -0.2) is 10.9 Å². The van der Waals surface area contributed by atoms with E-state index in [2.05, 4.69) is 53.9 Å². The summed E-state index contributed by atoms with van der Waals surface area (Å²) in [6.07, 6.45) is 4.03. The van der Waals surface area contributed by atoms with Crippen molar-refractivity contribution in [2.24, 2.45) is 5.41 Å². The summed E-state index contributed by atoms with van der Waals surface area (Å²) in [5.41, 5.74) is 8.99. The average Bonchev–Trinajstić information content (AvgIpc) is 3.36. The van der Waals surface area contributed by atoms with E-state index >= 15 is 0 Å². The van der Waals surface area contributed by atoms with Crippen molar-refractivity contribution < 1.29 is 9.59 Å². The Morgan fingerprint density at radius 1 is 1.07 bits per heavy atom. The van der Waals surface area contributed by atoms with Gasteiger partial charge in [0.25, 0.3) is 0 Å². The summed E-state index contributed by atoms with van der Waals surface area (Å²) in [6, 6.07) is 8.52. The lowest BCUT2D eigenvalue weighted by molar-refractivity contribution is -0.132. The number of ketones is 1. The Labute approximate surface area is 180 Å². The maximum absolute atomic E-state index is 13.0. The fraction of sp³-hybridized carbons (Fsp3) is 0.667. The van der Waals surface area contributed by atoms with Gasteiger partial charge >= 0.3 is 0 Å². The highest BCUT2D eigenvalue weighted by Crippen LogP contribution is 2.39. The van der Waals surface area contributed by atoms with Gasteiger partial charge in [0.1, 0.15) is 11.8 Å². The first-order chi connectivity index (χ1) is 14.3. The normalized spacial score (nSPS) is 29.8. The number of hydrogen-bond donors (Lipinski definition) is 2. The highest BCUT2D eigenvalue weighted by Gasteiger charge is 2.44. The topological polar surface area (TPSA) is 64.7 Å². The summed E-state index contributed by atoms with van der Waals surface area (Å²) in [7, 11) is 0. The van der Waals surface area contributed by atoms with Crippen LogP contribution in [0, 0.1) is 5.41 Å². The number of hydrazine groups is 1. The number of likely N-dealkylation sites (tertiary alicyclic amines) is 2. The molecule has 30 heavy (non-hydrogen) atoms. The van der Waals surface area contributed by atoms with E-state index in [4.69, 9.17) is 0 Å². The van der Waals surface area contributed by atoms with E-state index in [0.717, 1.165) is 39.1 Å². The van der Waals surface area contributed by atoms with Crippen LogP contribution < -0.4 is 10.9 Å². The number of hydrogen-bond acceptors (Lipinski definition) is 5. The van der Waals surface area contributed by atoms with Gasteiger partial charge in [-0.2, -0.15) is 0 Å². The molecule has 3 aliphatic heterocycles. The molecule has 0 saturated carbocycles. The quantitative estimate of drug-likeness (QED) is 0.778. The monoisotopic (exact) mass is 412 g/mol. The molecule has 4 rings (SSSR count). The molecular formula is C24H36N4O2. The molecule has 1 aromatic rings. The zero-order valence-electron chi connectivity index (χ0n) is 18.6. The number of piperidine rings is 1. The average molecular weight is 413 g/mol. The molecule has 3 unspecified atom stereocenters. The Kier molecular flexibility index (Phi) is 6.28. The molecule has 1 amide bonds. The Bertz CT molecular complexity index is 778. The molecule has 0 aromatic heterocycles. The predicted molar refractivity (Wildman–Crippen MR) is 118 cm³/mol. The van der Waals surface area contributed by atoms with Crippen molar-refractivity contribution in [1.82, 2.24) is 20.7 Å². The van der Waals surface area contributed by atoms with Crippen LogP contribution in [0.2, 0.25) is 0 Å². The number of benzene rings is 1. The number of nitrogens with zero attached hydrogens (tertiary/aromatic N) is 2. The van der Waals surface area contributed by atoms with E-state index < -0.39 is 0 Å². The van der Waals surface area contributed by atoms with Gasteiger partial charge in [0.05, 0.1) is 6.04 Å². The zero-order chi connectivity index (χ0) is 21.3. The maximum Gasteiger partial charge on any atom is 0.241 e. The van der Waals surface area contributed by atoms with Crippen molar-refractivity contribution in [1.29, 1.82) is 0 Å². The first-order valence-electron chi connectivity index (χ1n) is 11.5. The molecular weight excluding hydrogens is 376 g/mol. The zero-order valence-corrected chi connectivity index (χ0v) is 18.6. The molecule has 164 valence electrons. The van der Waals surface area contributed by atoms with E-state index in [1.54, 1.807) is 6.92 Å². The lowest BCUT2D eigenvalue weighted by Crippen LogP contribution is -2.48. The van der Waals surface area contributed by atoms with Crippen molar-refractivity contribution in [3.8, 4) is 0 Å². The third-order valence-corrected chi connectivity index (χ3v) is 7.24. The second kappa shape index (κ2) is 8.77. The van der Waals surface area contributed by atoms with Crippen molar-refractivity contribution in [2.45, 2.75) is 71.0 Å². The number of Topliss-reactive ketones (excluding diaryl/α,β-unsaturated/α-hetero) is 1. The summed E-state index contributed by atoms with van der Waals surface area (Å²) >= 11 is 0. The minimum Gasteiger partial charge on any atom is -0.341 e. The van der Waals surface area contributed by atoms with Crippen LogP contribution in [0.4, 0.5) is 0 Å². The third kappa shape index (κ3) is 4.61. The first kappa shape index (κ1) is 21.5. The van der Waals surface area contributed by atoms with Crippen LogP contribution in [0.1, 0.15) is 63.5 Å². The van der Waals surface area contributed by atoms with Crippen LogP contribution in [0.3, 0.4) is 0 Å². The fourth-order valence-corrected chi connectivity index (χ4v) is 5.37. The second-order valence-electron chi connectivity index (χ2n) is 9.96. The molecule has 2 N–H and O–H groups in total. The summed E-state index contributed by atoms with van der Waals surface area (Å²) in [4.78, 5) is 29.2. The highest BCUT2D eigenvalue weighted by molar-refractivity contribution is 5.86. The molecule has 0 radical (unpaired) electrons. The first-order valence-corrected chi connectivity index (χ1v) is 11.5. The van der Waals surface area contributed by atoms with Crippen LogP contribution >= 0.6 is 0 Å². The van der Waals surface area contributed by atoms with Gasteiger partial charge in [0, 0.05) is 31.6 Å². The van der Waals surface area contributed by atoms with Gasteiger partial charge in [0.2, 0.25) is 5.91 Å². The summed E-state index contributed by atoms with van der Waals surface area (Å²) in [6.45, 7) is 10.9. The van der Waals surface area contributed by atoms with Crippen LogP contribution in [-0.4, -0.2) is 59.8 Å². The Hall–Kier alpha value is -1.76. The van der Waals surface area contributed by atoms with E-state index in [1.165, 1.54) is 24.0 Å². The van der Waals surface area contributed by atoms with Gasteiger partial charge < -0.3 is 4.90 Å². The van der Waals surface area contributed by atoms with Crippen LogP contribution in [-0.2, 0) is 16.1 Å². The number of nitrogens with one attached hydrogen (secondary N) is 2. The highest BCUT2D eigenvalue weighted by atomic mass is 16.2. The van der Waals surface area contributed by atoms with Crippen LogP contribution in [0.5, 0.6) is 0 Å². The van der Waals surface area contributed by atoms with Crippen LogP contribution in [0.15, 0.2) is 24.3 Å². The number of amides is 1. The van der Waals surface area contributed by atoms with E-state index in [0.29, 0.717) is 12.3 Å². The van der Waals surface area contributed by atoms with E-state index in [-0.39, 0.29) is 29.2 Å². The summed E-state index contributed by atoms with van der Waals surface area (Å²) in [5.74, 6) is 0.791. The SMILES string of the molecule is CC(=O)C1CC(C(=O)N2CCC3(CCCN(Cc4ccc(C(C)C)cc4)C3)C2)NN1. The predicted octanol–water partition coefficient (Wildman–Crippen LogP) is 2.45. The Balaban J connectivity index is 1.34. The lowest BCUT2D eigenvalue weighted by Gasteiger charge is -2.40. The maximum atomic E-state index is 13.0. The van der Waals surface area contributed by atoms with Crippen LogP contribution in [0.25, 0.3) is 0 Å². The molecule has 1 aromatic carbocycles. The molecule has 3 fully saturated rings. The molecule has 3 saturated heterocycles. The number of rotatable bonds is 5. The smallest absolute Gasteiger partial charge is 0.241 e. The largest absolute Gasteiger partial charge is 0.341 e. The van der Waals surface area contributed by atoms with Crippen molar-refractivity contribution in [2.75, 3.05) is 26.2 Å². The summed E-state index contributed by atoms with van der Waals surface area (Å²) in [5, 5.41) is 0. The van der Waals surface area contributed by atoms with E-state index in [9.17, 15) is 9.59 Å². The Morgan fingerprint density at radius 2 is 1.80 bits per heavy atom. The molecule has 3 heterocycles. The van der Waals surface area contributed by atoms with Crippen molar-refractivity contribution in [3.63, 3.8) is 0 Å². The van der Waals surface area contributed by atoms with E-state index in [1.807, 2.05) is 4.90 Å². The molecule has 1 spiro atoms. The molecule has 6 nitrogen and oxygen atoms in total. The second-order valence-corrected chi connectivity index (χ2v) is 9.96. The van der Waals surface area contributed by atoms with Gasteiger partial charge in [-0.05, 0) is 56.2 Å². The molecule has 3 aliphatic rings. The molecule has 3 atom stereocenters. The van der Waals surface area contributed by atoms with Crippen molar-refractivity contribution in [3.05, 3.63) is 35.4 Å². The van der Waals surface area contributed by atoms with Gasteiger partial charge in [-0.1, -0.05) is 38.1 Å². The number of carbonyl (C=O) groups excluding carboxylic acids is 2. The Morgan fingerprint density at radius 3 is 2.47 bits per heavy atom. The minimum absolute atomic E-state index is 0.0834. The van der Waals surface area contributed by atoms with Gasteiger partial charge in [-0.15, -0.1) is 0 Å². The molecule has 0 bridgehead atoms. The minimum atomic E-state index is -0.284. The van der Waals surface area contributed by atoms with Gasteiger partial charge in [-0.3, -0.25) is 14.5 Å². The van der Waals surface area contributed by atoms with Gasteiger partial charge in [0.15, 0.2) is 0 Å². The molecule has 0 aliphatic carbocycles. The third-order valence-electron chi connectivity index (χ3n) is 7.24. The molecule has 6 heteroatoms. The summed E-state index contributed by atoms with van der Waals surface area (Å²) < 4.78 is 0. The van der Waals surface area contributed by atoms with Crippen molar-refractivity contribution >= 4 is 11.7 Å². The lowest BCUT2D eigenvalue weighted by atomic mass is 9.79.